The van der Waals surface area contributed by atoms with Gasteiger partial charge in [0.15, 0.2) is 0 Å². The summed E-state index contributed by atoms with van der Waals surface area (Å²) in [6.45, 7) is 2.84. The van der Waals surface area contributed by atoms with Crippen LogP contribution in [0.4, 0.5) is 0 Å². The minimum absolute atomic E-state index is 0.217. The summed E-state index contributed by atoms with van der Waals surface area (Å²) in [7, 11) is 2.29. The van der Waals surface area contributed by atoms with Gasteiger partial charge < -0.3 is 4.74 Å². The highest BCUT2D eigenvalue weighted by atomic mass is 16.5. The Morgan fingerprint density at radius 3 is 2.50 bits per heavy atom. The molecule has 1 aliphatic heterocycles. The lowest BCUT2D eigenvalue weighted by Gasteiger charge is -2.40. The minimum atomic E-state index is 0.217. The van der Waals surface area contributed by atoms with E-state index in [-0.39, 0.29) is 5.41 Å². The van der Waals surface area contributed by atoms with Crippen LogP contribution in [0.3, 0.4) is 0 Å². The second-order valence-corrected chi connectivity index (χ2v) is 7.55. The average Bonchev–Trinajstić information content (AvgIpc) is 3.04. The topological polar surface area (TPSA) is 12.5 Å². The molecule has 2 heteroatoms. The molecule has 0 bridgehead atoms. The van der Waals surface area contributed by atoms with Crippen molar-refractivity contribution in [3.05, 3.63) is 71.8 Å². The number of rotatable bonds is 4. The Kier molecular flexibility index (Phi) is 4.43. The van der Waals surface area contributed by atoms with Crippen LogP contribution < -0.4 is 0 Å². The number of fused-ring (bicyclic) bond motifs is 1. The summed E-state index contributed by atoms with van der Waals surface area (Å²) in [6, 6.07) is 22.5. The first kappa shape index (κ1) is 15.9. The molecule has 0 spiro atoms. The lowest BCUT2D eigenvalue weighted by Crippen LogP contribution is -2.41. The molecule has 3 atom stereocenters. The van der Waals surface area contributed by atoms with Gasteiger partial charge in [0.2, 0.25) is 0 Å². The fourth-order valence-corrected chi connectivity index (χ4v) is 4.82. The van der Waals surface area contributed by atoms with Crippen LogP contribution in [0.15, 0.2) is 60.7 Å². The molecule has 2 nitrogen and oxygen atoms in total. The van der Waals surface area contributed by atoms with Crippen LogP contribution in [0, 0.1) is 5.92 Å². The SMILES string of the molecule is CN(Cc1ccccc1)[C@H]1C[C@H]2CCOC[C@@]2(c2ccccc2)C1. The number of nitrogens with zero attached hydrogens (tertiary/aromatic N) is 1. The van der Waals surface area contributed by atoms with Gasteiger partial charge in [0, 0.05) is 24.6 Å². The predicted octanol–water partition coefficient (Wildman–Crippen LogP) is 4.26. The molecule has 1 aliphatic carbocycles. The molecule has 0 aromatic heterocycles. The van der Waals surface area contributed by atoms with Gasteiger partial charge in [-0.15, -0.1) is 0 Å². The molecule has 2 fully saturated rings. The van der Waals surface area contributed by atoms with Crippen LogP contribution in [0.2, 0.25) is 0 Å². The lowest BCUT2D eigenvalue weighted by atomic mass is 9.70. The Bertz CT molecular complexity index is 656. The molecule has 2 aromatic carbocycles. The molecule has 1 heterocycles. The fourth-order valence-electron chi connectivity index (χ4n) is 4.82. The van der Waals surface area contributed by atoms with Crippen LogP contribution in [0.25, 0.3) is 0 Å². The molecule has 0 unspecified atom stereocenters. The second-order valence-electron chi connectivity index (χ2n) is 7.55. The second kappa shape index (κ2) is 6.70. The van der Waals surface area contributed by atoms with Crippen molar-refractivity contribution in [1.82, 2.24) is 4.90 Å². The minimum Gasteiger partial charge on any atom is -0.381 e. The van der Waals surface area contributed by atoms with Crippen molar-refractivity contribution in [3.8, 4) is 0 Å². The van der Waals surface area contributed by atoms with Crippen LogP contribution in [0.1, 0.15) is 30.4 Å². The highest BCUT2D eigenvalue weighted by Gasteiger charge is 2.50. The van der Waals surface area contributed by atoms with Crippen molar-refractivity contribution in [2.24, 2.45) is 5.92 Å². The lowest BCUT2D eigenvalue weighted by molar-refractivity contribution is 0.00737. The first-order chi connectivity index (χ1) is 11.8. The molecule has 1 saturated carbocycles. The summed E-state index contributed by atoms with van der Waals surface area (Å²) in [4.78, 5) is 2.55. The zero-order chi connectivity index (χ0) is 16.4. The molecule has 2 aromatic rings. The summed E-state index contributed by atoms with van der Waals surface area (Å²) in [5.74, 6) is 0.747. The fraction of sp³-hybridized carbons (Fsp3) is 0.455. The van der Waals surface area contributed by atoms with Crippen molar-refractivity contribution in [2.45, 2.75) is 37.3 Å². The number of ether oxygens (including phenoxy) is 1. The summed E-state index contributed by atoms with van der Waals surface area (Å²) in [6.07, 6.45) is 3.71. The first-order valence-electron chi connectivity index (χ1n) is 9.15. The van der Waals surface area contributed by atoms with Crippen molar-refractivity contribution >= 4 is 0 Å². The highest BCUT2D eigenvalue weighted by molar-refractivity contribution is 5.30. The van der Waals surface area contributed by atoms with Gasteiger partial charge in [-0.25, -0.2) is 0 Å². The standard InChI is InChI=1S/C22H27NO/c1-23(16-18-8-4-2-5-9-18)21-14-20-12-13-24-17-22(20,15-21)19-10-6-3-7-11-19/h2-11,20-21H,12-17H2,1H3/t20-,21+,22-/m1/s1. The Morgan fingerprint density at radius 2 is 1.75 bits per heavy atom. The Labute approximate surface area is 145 Å². The van der Waals surface area contributed by atoms with Gasteiger partial charge >= 0.3 is 0 Å². The van der Waals surface area contributed by atoms with Crippen molar-refractivity contribution in [1.29, 1.82) is 0 Å². The third kappa shape index (κ3) is 2.89. The van der Waals surface area contributed by atoms with Gasteiger partial charge in [-0.05, 0) is 43.4 Å². The van der Waals surface area contributed by atoms with Crippen molar-refractivity contribution < 1.29 is 4.74 Å². The normalized spacial score (nSPS) is 29.6. The smallest absolute Gasteiger partial charge is 0.0566 e. The van der Waals surface area contributed by atoms with E-state index < -0.39 is 0 Å². The van der Waals surface area contributed by atoms with Crippen molar-refractivity contribution in [3.63, 3.8) is 0 Å². The third-order valence-corrected chi connectivity index (χ3v) is 6.16. The largest absolute Gasteiger partial charge is 0.381 e. The van der Waals surface area contributed by atoms with E-state index in [4.69, 9.17) is 4.74 Å². The summed E-state index contributed by atoms with van der Waals surface area (Å²) >= 11 is 0. The van der Waals surface area contributed by atoms with Crippen LogP contribution in [-0.2, 0) is 16.7 Å². The molecule has 4 rings (SSSR count). The molecule has 0 N–H and O–H groups in total. The van der Waals surface area contributed by atoms with Crippen LogP contribution in [-0.4, -0.2) is 31.2 Å². The maximum absolute atomic E-state index is 5.97. The number of hydrogen-bond donors (Lipinski definition) is 0. The molecular formula is C22H27NO. The van der Waals surface area contributed by atoms with E-state index in [1.165, 1.54) is 30.4 Å². The van der Waals surface area contributed by atoms with E-state index in [0.717, 1.165) is 25.7 Å². The Balaban J connectivity index is 1.55. The van der Waals surface area contributed by atoms with Gasteiger partial charge in [-0.3, -0.25) is 4.90 Å². The Morgan fingerprint density at radius 1 is 1.04 bits per heavy atom. The summed E-state index contributed by atoms with van der Waals surface area (Å²) in [5.41, 5.74) is 3.10. The zero-order valence-electron chi connectivity index (χ0n) is 14.5. The van der Waals surface area contributed by atoms with Gasteiger partial charge in [0.05, 0.1) is 6.61 Å². The quantitative estimate of drug-likeness (QED) is 0.834. The van der Waals surface area contributed by atoms with E-state index in [2.05, 4.69) is 72.6 Å². The van der Waals surface area contributed by atoms with E-state index >= 15 is 0 Å². The summed E-state index contributed by atoms with van der Waals surface area (Å²) < 4.78 is 5.97. The molecular weight excluding hydrogens is 294 g/mol. The summed E-state index contributed by atoms with van der Waals surface area (Å²) in [5, 5.41) is 0. The zero-order valence-corrected chi connectivity index (χ0v) is 14.5. The van der Waals surface area contributed by atoms with E-state index in [1.807, 2.05) is 0 Å². The number of hydrogen-bond acceptors (Lipinski definition) is 2. The van der Waals surface area contributed by atoms with Gasteiger partial charge in [-0.2, -0.15) is 0 Å². The average molecular weight is 321 g/mol. The Hall–Kier alpha value is -1.64. The van der Waals surface area contributed by atoms with E-state index in [9.17, 15) is 0 Å². The third-order valence-electron chi connectivity index (χ3n) is 6.16. The van der Waals surface area contributed by atoms with Gasteiger partial charge in [0.1, 0.15) is 0 Å². The number of benzene rings is 2. The van der Waals surface area contributed by atoms with Gasteiger partial charge in [-0.1, -0.05) is 60.7 Å². The molecule has 1 saturated heterocycles. The maximum Gasteiger partial charge on any atom is 0.0566 e. The van der Waals surface area contributed by atoms with E-state index in [1.54, 1.807) is 0 Å². The molecule has 0 radical (unpaired) electrons. The highest BCUT2D eigenvalue weighted by Crippen LogP contribution is 2.50. The molecule has 24 heavy (non-hydrogen) atoms. The maximum atomic E-state index is 5.97. The molecule has 126 valence electrons. The molecule has 0 amide bonds. The van der Waals surface area contributed by atoms with Crippen molar-refractivity contribution in [2.75, 3.05) is 20.3 Å². The molecule has 2 aliphatic rings. The van der Waals surface area contributed by atoms with Gasteiger partial charge in [0.25, 0.3) is 0 Å². The first-order valence-corrected chi connectivity index (χ1v) is 9.15. The van der Waals surface area contributed by atoms with Crippen LogP contribution in [0.5, 0.6) is 0 Å². The van der Waals surface area contributed by atoms with E-state index in [0.29, 0.717) is 6.04 Å². The van der Waals surface area contributed by atoms with Crippen LogP contribution >= 0.6 is 0 Å². The monoisotopic (exact) mass is 321 g/mol. The predicted molar refractivity (Wildman–Crippen MR) is 98.0 cm³/mol.